The number of nitrogens with zero attached hydrogens (tertiary/aromatic N) is 1. The molecule has 4 rings (SSSR count). The molecule has 1 aliphatic heterocycles. The molecule has 1 unspecified atom stereocenters. The highest BCUT2D eigenvalue weighted by atomic mass is 35.5. The molecule has 6 nitrogen and oxygen atoms in total. The van der Waals surface area contributed by atoms with Gasteiger partial charge in [-0.25, -0.2) is 4.79 Å². The zero-order valence-electron chi connectivity index (χ0n) is 15.2. The lowest BCUT2D eigenvalue weighted by Crippen LogP contribution is -2.47. The van der Waals surface area contributed by atoms with E-state index < -0.39 is 11.9 Å². The number of nitrogens with one attached hydrogen (secondary N) is 2. The normalized spacial score (nSPS) is 18.4. The molecule has 28 heavy (non-hydrogen) atoms. The van der Waals surface area contributed by atoms with Gasteiger partial charge in [-0.05, 0) is 68.6 Å². The van der Waals surface area contributed by atoms with Crippen molar-refractivity contribution in [1.29, 1.82) is 0 Å². The maximum atomic E-state index is 12.4. The second-order valence-corrected chi connectivity index (χ2v) is 8.49. The van der Waals surface area contributed by atoms with Gasteiger partial charge in [0.25, 0.3) is 5.91 Å². The Kier molecular flexibility index (Phi) is 6.50. The fraction of sp³-hybridized carbons (Fsp3) is 0.368. The molecular weight excluding hydrogens is 419 g/mol. The van der Waals surface area contributed by atoms with Crippen molar-refractivity contribution in [3.05, 3.63) is 45.3 Å². The number of amides is 3. The van der Waals surface area contributed by atoms with Crippen molar-refractivity contribution in [3.8, 4) is 0 Å². The SMILES string of the molecule is Cl.NC(=O)c1c(NC(=O)Nc2ccc(Cl)cc2)sc2c1CCC(N1CCC1)C2. The maximum absolute atomic E-state index is 12.4. The minimum Gasteiger partial charge on any atom is -0.365 e. The van der Waals surface area contributed by atoms with Crippen LogP contribution in [0.25, 0.3) is 0 Å². The molecule has 2 aromatic rings. The lowest BCUT2D eigenvalue weighted by molar-refractivity contribution is 0.0994. The monoisotopic (exact) mass is 440 g/mol. The molecule has 0 bridgehead atoms. The number of hydrogen-bond donors (Lipinski definition) is 3. The summed E-state index contributed by atoms with van der Waals surface area (Å²) in [6.45, 7) is 2.31. The number of fused-ring (bicyclic) bond motifs is 1. The molecule has 4 N–H and O–H groups in total. The van der Waals surface area contributed by atoms with Gasteiger partial charge in [-0.1, -0.05) is 11.6 Å². The summed E-state index contributed by atoms with van der Waals surface area (Å²) in [6.07, 6.45) is 4.03. The van der Waals surface area contributed by atoms with E-state index in [9.17, 15) is 9.59 Å². The molecule has 2 heterocycles. The Morgan fingerprint density at radius 3 is 2.50 bits per heavy atom. The number of primary amides is 1. The summed E-state index contributed by atoms with van der Waals surface area (Å²) in [5.41, 5.74) is 7.72. The smallest absolute Gasteiger partial charge is 0.324 e. The Bertz CT molecular complexity index is 881. The Morgan fingerprint density at radius 2 is 1.89 bits per heavy atom. The largest absolute Gasteiger partial charge is 0.365 e. The van der Waals surface area contributed by atoms with Crippen molar-refractivity contribution in [2.45, 2.75) is 31.7 Å². The topological polar surface area (TPSA) is 87.5 Å². The molecule has 1 saturated heterocycles. The third-order valence-corrected chi connectivity index (χ3v) is 6.64. The Balaban J connectivity index is 0.00000225. The summed E-state index contributed by atoms with van der Waals surface area (Å²) in [5.74, 6) is -0.489. The fourth-order valence-corrected chi connectivity index (χ4v) is 5.18. The Morgan fingerprint density at radius 1 is 1.18 bits per heavy atom. The zero-order chi connectivity index (χ0) is 19.0. The summed E-state index contributed by atoms with van der Waals surface area (Å²) in [7, 11) is 0. The molecule has 0 spiro atoms. The molecule has 1 atom stereocenters. The van der Waals surface area contributed by atoms with E-state index in [0.29, 0.717) is 27.3 Å². The van der Waals surface area contributed by atoms with Crippen LogP contribution in [0.3, 0.4) is 0 Å². The number of nitrogens with two attached hydrogens (primary N) is 1. The van der Waals surface area contributed by atoms with Gasteiger partial charge < -0.3 is 11.1 Å². The quantitative estimate of drug-likeness (QED) is 0.667. The molecule has 1 aromatic carbocycles. The van der Waals surface area contributed by atoms with Crippen LogP contribution in [-0.2, 0) is 12.8 Å². The predicted octanol–water partition coefficient (Wildman–Crippen LogP) is 4.13. The zero-order valence-corrected chi connectivity index (χ0v) is 17.6. The van der Waals surface area contributed by atoms with Crippen LogP contribution in [0.4, 0.5) is 15.5 Å². The van der Waals surface area contributed by atoms with Crippen LogP contribution in [0.1, 0.15) is 33.6 Å². The van der Waals surface area contributed by atoms with E-state index in [2.05, 4.69) is 15.5 Å². The van der Waals surface area contributed by atoms with Gasteiger partial charge in [0, 0.05) is 21.6 Å². The number of carbonyl (C=O) groups excluding carboxylic acids is 2. The van der Waals surface area contributed by atoms with Crippen molar-refractivity contribution in [1.82, 2.24) is 4.90 Å². The minimum atomic E-state index is -0.489. The van der Waals surface area contributed by atoms with E-state index in [4.69, 9.17) is 17.3 Å². The summed E-state index contributed by atoms with van der Waals surface area (Å²) in [6, 6.07) is 6.96. The number of carbonyl (C=O) groups is 2. The molecular formula is C19H22Cl2N4O2S. The number of hydrogen-bond acceptors (Lipinski definition) is 4. The number of anilines is 2. The van der Waals surface area contributed by atoms with E-state index in [-0.39, 0.29) is 12.4 Å². The molecule has 3 amide bonds. The van der Waals surface area contributed by atoms with Crippen LogP contribution >= 0.6 is 35.3 Å². The van der Waals surface area contributed by atoms with Gasteiger partial charge in [0.15, 0.2) is 0 Å². The van der Waals surface area contributed by atoms with Crippen molar-refractivity contribution in [2.24, 2.45) is 5.73 Å². The van der Waals surface area contributed by atoms with Gasteiger partial charge in [-0.15, -0.1) is 23.7 Å². The van der Waals surface area contributed by atoms with Gasteiger partial charge in [0.1, 0.15) is 5.00 Å². The molecule has 0 radical (unpaired) electrons. The number of likely N-dealkylation sites (tertiary alicyclic amines) is 1. The van der Waals surface area contributed by atoms with Crippen LogP contribution < -0.4 is 16.4 Å². The van der Waals surface area contributed by atoms with Crippen molar-refractivity contribution < 1.29 is 9.59 Å². The summed E-state index contributed by atoms with van der Waals surface area (Å²) < 4.78 is 0. The van der Waals surface area contributed by atoms with Crippen LogP contribution in [0, 0.1) is 0 Å². The fourth-order valence-electron chi connectivity index (χ4n) is 3.73. The van der Waals surface area contributed by atoms with Crippen LogP contribution in [0.15, 0.2) is 24.3 Å². The van der Waals surface area contributed by atoms with E-state index in [1.807, 2.05) is 0 Å². The number of urea groups is 1. The summed E-state index contributed by atoms with van der Waals surface area (Å²) in [4.78, 5) is 28.1. The van der Waals surface area contributed by atoms with E-state index in [1.54, 1.807) is 24.3 Å². The van der Waals surface area contributed by atoms with Crippen molar-refractivity contribution in [2.75, 3.05) is 23.7 Å². The third kappa shape index (κ3) is 4.27. The number of halogens is 2. The first-order valence-electron chi connectivity index (χ1n) is 9.03. The third-order valence-electron chi connectivity index (χ3n) is 5.22. The number of rotatable bonds is 4. The first kappa shape index (κ1) is 20.9. The lowest BCUT2D eigenvalue weighted by Gasteiger charge is -2.40. The van der Waals surface area contributed by atoms with Crippen LogP contribution in [0.2, 0.25) is 5.02 Å². The Labute approximate surface area is 178 Å². The van der Waals surface area contributed by atoms with Crippen LogP contribution in [0.5, 0.6) is 0 Å². The average molecular weight is 441 g/mol. The van der Waals surface area contributed by atoms with Crippen molar-refractivity contribution in [3.63, 3.8) is 0 Å². The van der Waals surface area contributed by atoms with E-state index in [0.717, 1.165) is 42.8 Å². The summed E-state index contributed by atoms with van der Waals surface area (Å²) >= 11 is 7.33. The second kappa shape index (κ2) is 8.69. The van der Waals surface area contributed by atoms with Gasteiger partial charge in [0.05, 0.1) is 5.56 Å². The first-order chi connectivity index (χ1) is 13.0. The molecule has 0 saturated carbocycles. The maximum Gasteiger partial charge on any atom is 0.324 e. The van der Waals surface area contributed by atoms with Gasteiger partial charge >= 0.3 is 6.03 Å². The number of benzene rings is 1. The summed E-state index contributed by atoms with van der Waals surface area (Å²) in [5, 5.41) is 6.68. The van der Waals surface area contributed by atoms with Crippen LogP contribution in [-0.4, -0.2) is 36.0 Å². The highest BCUT2D eigenvalue weighted by Gasteiger charge is 2.32. The highest BCUT2D eigenvalue weighted by Crippen LogP contribution is 2.39. The van der Waals surface area contributed by atoms with E-state index >= 15 is 0 Å². The minimum absolute atomic E-state index is 0. The Hall–Kier alpha value is -1.80. The van der Waals surface area contributed by atoms with E-state index in [1.165, 1.54) is 17.8 Å². The molecule has 1 fully saturated rings. The molecule has 2 aliphatic rings. The highest BCUT2D eigenvalue weighted by molar-refractivity contribution is 7.17. The second-order valence-electron chi connectivity index (χ2n) is 6.94. The lowest BCUT2D eigenvalue weighted by atomic mass is 9.89. The van der Waals surface area contributed by atoms with Crippen molar-refractivity contribution >= 4 is 58.0 Å². The molecule has 150 valence electrons. The standard InChI is InChI=1S/C19H21ClN4O2S.ClH/c20-11-2-4-12(5-3-11)22-19(26)23-18-16(17(21)25)14-7-6-13(10-15(14)27-18)24-8-1-9-24;/h2-5,13H,1,6-10H2,(H2,21,25)(H2,22,23,26);1H. The molecule has 9 heteroatoms. The number of thiophene rings is 1. The molecule has 1 aromatic heterocycles. The predicted molar refractivity (Wildman–Crippen MR) is 116 cm³/mol. The van der Waals surface area contributed by atoms with Gasteiger partial charge in [-0.2, -0.15) is 0 Å². The molecule has 1 aliphatic carbocycles. The van der Waals surface area contributed by atoms with Gasteiger partial charge in [-0.3, -0.25) is 15.0 Å². The van der Waals surface area contributed by atoms with Gasteiger partial charge in [0.2, 0.25) is 0 Å². The average Bonchev–Trinajstić information content (AvgIpc) is 2.92. The first-order valence-corrected chi connectivity index (χ1v) is 10.2.